The Hall–Kier alpha value is -3.29. The van der Waals surface area contributed by atoms with Crippen molar-refractivity contribution in [3.8, 4) is 28.7 Å². The highest BCUT2D eigenvalue weighted by Gasteiger charge is 2.32. The molecule has 0 radical (unpaired) electrons. The number of anilines is 1. The van der Waals surface area contributed by atoms with Gasteiger partial charge in [-0.25, -0.2) is 8.42 Å². The van der Waals surface area contributed by atoms with Crippen LogP contribution in [0.25, 0.3) is 11.5 Å². The fraction of sp³-hybridized carbons (Fsp3) is 0.375. The van der Waals surface area contributed by atoms with E-state index in [0.717, 1.165) is 4.90 Å². The molecule has 11 nitrogen and oxygen atoms in total. The first-order valence-electron chi connectivity index (χ1n) is 11.4. The first kappa shape index (κ1) is 26.8. The van der Waals surface area contributed by atoms with Gasteiger partial charge in [-0.15, -0.1) is 16.9 Å². The van der Waals surface area contributed by atoms with Crippen LogP contribution in [0.2, 0.25) is 0 Å². The van der Waals surface area contributed by atoms with E-state index in [-0.39, 0.29) is 41.7 Å². The summed E-state index contributed by atoms with van der Waals surface area (Å²) in [5, 5.41) is 10.6. The quantitative estimate of drug-likeness (QED) is 0.396. The van der Waals surface area contributed by atoms with Crippen molar-refractivity contribution in [3.63, 3.8) is 0 Å². The third-order valence-electron chi connectivity index (χ3n) is 6.09. The lowest BCUT2D eigenvalue weighted by molar-refractivity contribution is -0.121. The van der Waals surface area contributed by atoms with E-state index >= 15 is 0 Å². The molecule has 0 unspecified atom stereocenters. The van der Waals surface area contributed by atoms with Crippen molar-refractivity contribution in [2.24, 2.45) is 5.92 Å². The van der Waals surface area contributed by atoms with Crippen LogP contribution in [0, 0.1) is 5.92 Å². The van der Waals surface area contributed by atoms with Gasteiger partial charge in [0.15, 0.2) is 11.5 Å². The van der Waals surface area contributed by atoms with Crippen LogP contribution in [0.15, 0.2) is 50.6 Å². The average Bonchev–Trinajstić information content (AvgIpc) is 3.40. The highest BCUT2D eigenvalue weighted by Crippen LogP contribution is 2.41. The number of rotatable bonds is 9. The van der Waals surface area contributed by atoms with Crippen LogP contribution >= 0.6 is 11.8 Å². The molecule has 3 aromatic rings. The Labute approximate surface area is 219 Å². The molecule has 4 rings (SSSR count). The molecule has 1 amide bonds. The molecule has 0 bridgehead atoms. The van der Waals surface area contributed by atoms with E-state index in [1.165, 1.54) is 25.6 Å². The zero-order valence-electron chi connectivity index (χ0n) is 20.9. The van der Waals surface area contributed by atoms with E-state index in [0.29, 0.717) is 35.7 Å². The largest absolute Gasteiger partial charge is 0.493 e. The summed E-state index contributed by atoms with van der Waals surface area (Å²) in [7, 11) is 0.883. The molecule has 37 heavy (non-hydrogen) atoms. The molecular weight excluding hydrogens is 520 g/mol. The predicted molar refractivity (Wildman–Crippen MR) is 138 cm³/mol. The SMILES string of the molecule is COc1cc(-c2nnc(NC(=O)C3CCN(S(=O)(=O)c4ccc(SC)cc4)CC3)o2)cc(OC)c1OC. The molecule has 2 heterocycles. The summed E-state index contributed by atoms with van der Waals surface area (Å²) in [4.78, 5) is 14.1. The summed E-state index contributed by atoms with van der Waals surface area (Å²) in [5.41, 5.74) is 0.520. The maximum Gasteiger partial charge on any atom is 0.322 e. The highest BCUT2D eigenvalue weighted by molar-refractivity contribution is 7.98. The minimum absolute atomic E-state index is 0.0577. The molecule has 1 aromatic heterocycles. The third-order valence-corrected chi connectivity index (χ3v) is 8.75. The van der Waals surface area contributed by atoms with E-state index in [1.54, 1.807) is 48.2 Å². The van der Waals surface area contributed by atoms with Crippen LogP contribution in [0.4, 0.5) is 6.01 Å². The number of aromatic nitrogens is 2. The van der Waals surface area contributed by atoms with E-state index < -0.39 is 10.0 Å². The Morgan fingerprint density at radius 2 is 1.65 bits per heavy atom. The van der Waals surface area contributed by atoms with Crippen LogP contribution in [-0.4, -0.2) is 69.5 Å². The van der Waals surface area contributed by atoms with Crippen molar-refractivity contribution in [1.29, 1.82) is 0 Å². The van der Waals surface area contributed by atoms with Crippen molar-refractivity contribution >= 4 is 33.7 Å². The number of thioether (sulfide) groups is 1. The number of carbonyl (C=O) groups excluding carboxylic acids is 1. The summed E-state index contributed by atoms with van der Waals surface area (Å²) in [6, 6.07) is 10.1. The molecule has 1 N–H and O–H groups in total. The average molecular weight is 549 g/mol. The summed E-state index contributed by atoms with van der Waals surface area (Å²) in [6.45, 7) is 0.483. The second-order valence-electron chi connectivity index (χ2n) is 8.17. The zero-order chi connectivity index (χ0) is 26.6. The summed E-state index contributed by atoms with van der Waals surface area (Å²) in [5.74, 6) is 0.725. The second-order valence-corrected chi connectivity index (χ2v) is 11.0. The number of amides is 1. The third kappa shape index (κ3) is 5.68. The monoisotopic (exact) mass is 548 g/mol. The fourth-order valence-electron chi connectivity index (χ4n) is 4.06. The van der Waals surface area contributed by atoms with Gasteiger partial charge in [-0.1, -0.05) is 5.10 Å². The van der Waals surface area contributed by atoms with Gasteiger partial charge in [0.2, 0.25) is 27.6 Å². The fourth-order valence-corrected chi connectivity index (χ4v) is 5.94. The molecular formula is C24H28N4O7S2. The summed E-state index contributed by atoms with van der Waals surface area (Å²) < 4.78 is 49.0. The zero-order valence-corrected chi connectivity index (χ0v) is 22.5. The minimum Gasteiger partial charge on any atom is -0.493 e. The van der Waals surface area contributed by atoms with Crippen molar-refractivity contribution in [1.82, 2.24) is 14.5 Å². The van der Waals surface area contributed by atoms with Crippen LogP contribution in [0.3, 0.4) is 0 Å². The number of hydrogen-bond acceptors (Lipinski definition) is 10. The maximum atomic E-state index is 13.0. The molecule has 0 saturated carbocycles. The van der Waals surface area contributed by atoms with Gasteiger partial charge in [0, 0.05) is 29.5 Å². The first-order valence-corrected chi connectivity index (χ1v) is 14.1. The molecule has 13 heteroatoms. The topological polar surface area (TPSA) is 133 Å². The van der Waals surface area contributed by atoms with Gasteiger partial charge in [-0.2, -0.15) is 4.31 Å². The first-order chi connectivity index (χ1) is 17.8. The molecule has 1 saturated heterocycles. The Morgan fingerprint density at radius 3 is 2.19 bits per heavy atom. The Bertz CT molecular complexity index is 1330. The van der Waals surface area contributed by atoms with Crippen LogP contribution in [0.5, 0.6) is 17.2 Å². The number of benzene rings is 2. The molecule has 1 aliphatic rings. The van der Waals surface area contributed by atoms with E-state index in [9.17, 15) is 13.2 Å². The number of carbonyl (C=O) groups is 1. The lowest BCUT2D eigenvalue weighted by Crippen LogP contribution is -2.41. The lowest BCUT2D eigenvalue weighted by atomic mass is 9.97. The van der Waals surface area contributed by atoms with Crippen LogP contribution < -0.4 is 19.5 Å². The maximum absolute atomic E-state index is 13.0. The smallest absolute Gasteiger partial charge is 0.322 e. The minimum atomic E-state index is -3.62. The number of ether oxygens (including phenoxy) is 3. The number of methoxy groups -OCH3 is 3. The van der Waals surface area contributed by atoms with Gasteiger partial charge in [0.05, 0.1) is 26.2 Å². The van der Waals surface area contributed by atoms with Crippen molar-refractivity contribution in [2.75, 3.05) is 46.0 Å². The predicted octanol–water partition coefficient (Wildman–Crippen LogP) is 3.52. The molecule has 0 spiro atoms. The molecule has 198 valence electrons. The summed E-state index contributed by atoms with van der Waals surface area (Å²) in [6.07, 6.45) is 2.69. The van der Waals surface area contributed by atoms with Gasteiger partial charge in [0.25, 0.3) is 0 Å². The van der Waals surface area contributed by atoms with Crippen LogP contribution in [-0.2, 0) is 14.8 Å². The molecule has 0 atom stereocenters. The number of hydrogen-bond donors (Lipinski definition) is 1. The van der Waals surface area contributed by atoms with Crippen molar-refractivity contribution in [2.45, 2.75) is 22.6 Å². The Kier molecular flexibility index (Phi) is 8.25. The normalized spacial score (nSPS) is 14.8. The number of nitrogens with one attached hydrogen (secondary N) is 1. The van der Waals surface area contributed by atoms with E-state index in [1.807, 2.05) is 6.26 Å². The Morgan fingerprint density at radius 1 is 1.03 bits per heavy atom. The number of nitrogens with zero attached hydrogens (tertiary/aromatic N) is 3. The molecule has 1 fully saturated rings. The second kappa shape index (κ2) is 11.4. The number of piperidine rings is 1. The highest BCUT2D eigenvalue weighted by atomic mass is 32.2. The lowest BCUT2D eigenvalue weighted by Gasteiger charge is -2.30. The summed E-state index contributed by atoms with van der Waals surface area (Å²) >= 11 is 1.55. The molecule has 2 aromatic carbocycles. The molecule has 0 aliphatic carbocycles. The standard InChI is InChI=1S/C24H28N4O7S2/c1-32-19-13-16(14-20(33-2)21(19)34-3)23-26-27-24(35-23)25-22(29)15-9-11-28(12-10-15)37(30,31)18-7-5-17(36-4)6-8-18/h5-8,13-15H,9-12H2,1-4H3,(H,25,27,29). The van der Waals surface area contributed by atoms with Gasteiger partial charge < -0.3 is 18.6 Å². The van der Waals surface area contributed by atoms with Crippen molar-refractivity contribution < 1.29 is 31.8 Å². The number of sulfonamides is 1. The van der Waals surface area contributed by atoms with E-state index in [4.69, 9.17) is 18.6 Å². The van der Waals surface area contributed by atoms with Gasteiger partial charge in [-0.05, 0) is 55.5 Å². The van der Waals surface area contributed by atoms with Crippen LogP contribution in [0.1, 0.15) is 12.8 Å². The van der Waals surface area contributed by atoms with E-state index in [2.05, 4.69) is 15.5 Å². The van der Waals surface area contributed by atoms with Crippen molar-refractivity contribution in [3.05, 3.63) is 36.4 Å². The van der Waals surface area contributed by atoms with Gasteiger partial charge in [-0.3, -0.25) is 10.1 Å². The van der Waals surface area contributed by atoms with Gasteiger partial charge in [0.1, 0.15) is 0 Å². The molecule has 1 aliphatic heterocycles. The van der Waals surface area contributed by atoms with Gasteiger partial charge >= 0.3 is 6.01 Å². The Balaban J connectivity index is 1.39.